The summed E-state index contributed by atoms with van der Waals surface area (Å²) in [5.41, 5.74) is 4.12. The van der Waals surface area contributed by atoms with E-state index < -0.39 is 0 Å². The van der Waals surface area contributed by atoms with Crippen molar-refractivity contribution in [2.75, 3.05) is 18.1 Å². The molecule has 0 radical (unpaired) electrons. The van der Waals surface area contributed by atoms with Gasteiger partial charge in [0.15, 0.2) is 0 Å². The van der Waals surface area contributed by atoms with Crippen molar-refractivity contribution in [3.05, 3.63) is 48.2 Å². The number of nitrogens with zero attached hydrogens (tertiary/aromatic N) is 4. The highest BCUT2D eigenvalue weighted by atomic mass is 16.6. The molecule has 1 amide bonds. The number of aromatic nitrogens is 4. The molecule has 1 aliphatic rings. The summed E-state index contributed by atoms with van der Waals surface area (Å²) in [5, 5.41) is 12.2. The van der Waals surface area contributed by atoms with Gasteiger partial charge in [-0.3, -0.25) is 10.00 Å². The largest absolute Gasteiger partial charge is 0.449 e. The molecule has 2 aromatic carbocycles. The van der Waals surface area contributed by atoms with Crippen molar-refractivity contribution < 1.29 is 14.1 Å². The molecule has 0 atom stereocenters. The molecule has 0 aliphatic carbocycles. The van der Waals surface area contributed by atoms with Gasteiger partial charge in [0.05, 0.1) is 29.6 Å². The zero-order chi connectivity index (χ0) is 19.1. The van der Waals surface area contributed by atoms with Crippen LogP contribution in [0.5, 0.6) is 0 Å². The van der Waals surface area contributed by atoms with Gasteiger partial charge in [0.1, 0.15) is 0 Å². The van der Waals surface area contributed by atoms with Gasteiger partial charge in [-0.15, -0.1) is 0 Å². The summed E-state index contributed by atoms with van der Waals surface area (Å²) in [4.78, 5) is 18.4. The maximum absolute atomic E-state index is 12.2. The molecule has 140 valence electrons. The summed E-state index contributed by atoms with van der Waals surface area (Å²) >= 11 is 0. The van der Waals surface area contributed by atoms with Crippen LogP contribution in [0.1, 0.15) is 12.0 Å². The lowest BCUT2D eigenvalue weighted by molar-refractivity contribution is 0.140. The van der Waals surface area contributed by atoms with Gasteiger partial charge < -0.3 is 9.26 Å². The second kappa shape index (κ2) is 6.49. The van der Waals surface area contributed by atoms with Crippen LogP contribution >= 0.6 is 0 Å². The first-order chi connectivity index (χ1) is 13.7. The minimum absolute atomic E-state index is 0.361. The SMILES string of the molecule is Cc1cc(-c2nc(-c3ccccc3N3CCCOC3=O)no2)c2[nH]ncc2c1. The average Bonchev–Trinajstić information content (AvgIpc) is 3.37. The molecule has 1 fully saturated rings. The predicted molar refractivity (Wildman–Crippen MR) is 103 cm³/mol. The standard InChI is InChI=1S/C20H17N5O3/c1-12-9-13-11-21-23-17(13)15(10-12)19-22-18(24-28-19)14-5-2-3-6-16(14)25-7-4-8-27-20(25)26/h2-3,5-6,9-11H,4,7-8H2,1H3,(H,21,23). The van der Waals surface area contributed by atoms with Crippen molar-refractivity contribution in [3.63, 3.8) is 0 Å². The van der Waals surface area contributed by atoms with Crippen LogP contribution in [0.3, 0.4) is 0 Å². The van der Waals surface area contributed by atoms with E-state index >= 15 is 0 Å². The van der Waals surface area contributed by atoms with E-state index in [1.807, 2.05) is 43.3 Å². The van der Waals surface area contributed by atoms with Crippen LogP contribution in [-0.2, 0) is 4.74 Å². The summed E-state index contributed by atoms with van der Waals surface area (Å²) < 4.78 is 10.7. The normalized spacial score (nSPS) is 14.5. The monoisotopic (exact) mass is 375 g/mol. The van der Waals surface area contributed by atoms with E-state index in [1.165, 1.54) is 0 Å². The Hall–Kier alpha value is -3.68. The molecule has 0 unspecified atom stereocenters. The van der Waals surface area contributed by atoms with Crippen molar-refractivity contribution in [1.29, 1.82) is 0 Å². The van der Waals surface area contributed by atoms with E-state index in [1.54, 1.807) is 11.1 Å². The Morgan fingerprint density at radius 3 is 2.96 bits per heavy atom. The lowest BCUT2D eigenvalue weighted by Gasteiger charge is -2.27. The number of carbonyl (C=O) groups excluding carboxylic acids is 1. The Morgan fingerprint density at radius 1 is 1.18 bits per heavy atom. The summed E-state index contributed by atoms with van der Waals surface area (Å²) in [6.07, 6.45) is 2.18. The number of cyclic esters (lactones) is 1. The molecule has 0 bridgehead atoms. The zero-order valence-electron chi connectivity index (χ0n) is 15.2. The number of anilines is 1. The number of ether oxygens (including phenoxy) is 1. The predicted octanol–water partition coefficient (Wildman–Crippen LogP) is 3.94. The number of benzene rings is 2. The number of amides is 1. The highest BCUT2D eigenvalue weighted by Crippen LogP contribution is 2.33. The fourth-order valence-corrected chi connectivity index (χ4v) is 3.49. The van der Waals surface area contributed by atoms with E-state index in [-0.39, 0.29) is 6.09 Å². The number of para-hydroxylation sites is 1. The van der Waals surface area contributed by atoms with E-state index in [2.05, 4.69) is 20.3 Å². The molecule has 1 N–H and O–H groups in total. The van der Waals surface area contributed by atoms with Gasteiger partial charge in [-0.1, -0.05) is 17.3 Å². The van der Waals surface area contributed by atoms with Crippen LogP contribution in [-0.4, -0.2) is 39.6 Å². The molecular weight excluding hydrogens is 358 g/mol. The van der Waals surface area contributed by atoms with Crippen molar-refractivity contribution in [2.24, 2.45) is 0 Å². The molecule has 4 aromatic rings. The summed E-state index contributed by atoms with van der Waals surface area (Å²) in [6.45, 7) is 3.04. The quantitative estimate of drug-likeness (QED) is 0.583. The molecule has 0 saturated carbocycles. The molecule has 1 aliphatic heterocycles. The topological polar surface area (TPSA) is 97.1 Å². The number of rotatable bonds is 3. The third-order valence-electron chi connectivity index (χ3n) is 4.76. The Bertz CT molecular complexity index is 1180. The number of fused-ring (bicyclic) bond motifs is 1. The highest BCUT2D eigenvalue weighted by Gasteiger charge is 2.25. The van der Waals surface area contributed by atoms with Gasteiger partial charge in [-0.25, -0.2) is 4.79 Å². The van der Waals surface area contributed by atoms with Crippen molar-refractivity contribution in [2.45, 2.75) is 13.3 Å². The van der Waals surface area contributed by atoms with Crippen LogP contribution in [0, 0.1) is 6.92 Å². The smallest absolute Gasteiger partial charge is 0.414 e. The second-order valence-corrected chi connectivity index (χ2v) is 6.71. The number of carbonyl (C=O) groups is 1. The van der Waals surface area contributed by atoms with Gasteiger partial charge in [0.2, 0.25) is 5.82 Å². The van der Waals surface area contributed by atoms with Crippen LogP contribution in [0.2, 0.25) is 0 Å². The number of aromatic amines is 1. The Kier molecular flexibility index (Phi) is 3.82. The minimum Gasteiger partial charge on any atom is -0.449 e. The van der Waals surface area contributed by atoms with Crippen molar-refractivity contribution in [1.82, 2.24) is 20.3 Å². The first-order valence-corrected chi connectivity index (χ1v) is 9.02. The van der Waals surface area contributed by atoms with Gasteiger partial charge in [0, 0.05) is 17.5 Å². The zero-order valence-corrected chi connectivity index (χ0v) is 15.2. The number of nitrogens with one attached hydrogen (secondary N) is 1. The molecule has 1 saturated heterocycles. The molecule has 2 aromatic heterocycles. The summed E-state index contributed by atoms with van der Waals surface area (Å²) in [5.74, 6) is 0.808. The second-order valence-electron chi connectivity index (χ2n) is 6.71. The number of hydrogen-bond acceptors (Lipinski definition) is 6. The molecule has 0 spiro atoms. The highest BCUT2D eigenvalue weighted by molar-refractivity contribution is 5.94. The summed E-state index contributed by atoms with van der Waals surface area (Å²) in [6, 6.07) is 11.5. The van der Waals surface area contributed by atoms with Crippen LogP contribution in [0.25, 0.3) is 33.7 Å². The maximum atomic E-state index is 12.2. The maximum Gasteiger partial charge on any atom is 0.414 e. The van der Waals surface area contributed by atoms with Gasteiger partial charge in [0.25, 0.3) is 5.89 Å². The number of aryl methyl sites for hydroxylation is 1. The first kappa shape index (κ1) is 16.5. The van der Waals surface area contributed by atoms with E-state index in [0.717, 1.165) is 28.5 Å². The van der Waals surface area contributed by atoms with E-state index in [9.17, 15) is 4.79 Å². The summed E-state index contributed by atoms with van der Waals surface area (Å²) in [7, 11) is 0. The number of H-pyrrole nitrogens is 1. The van der Waals surface area contributed by atoms with Gasteiger partial charge >= 0.3 is 6.09 Å². The van der Waals surface area contributed by atoms with E-state index in [0.29, 0.717) is 36.1 Å². The fourth-order valence-electron chi connectivity index (χ4n) is 3.49. The van der Waals surface area contributed by atoms with Gasteiger partial charge in [-0.05, 0) is 43.2 Å². The third-order valence-corrected chi connectivity index (χ3v) is 4.76. The Balaban J connectivity index is 1.59. The number of hydrogen-bond donors (Lipinski definition) is 1. The molecular formula is C20H17N5O3. The third kappa shape index (κ3) is 2.70. The van der Waals surface area contributed by atoms with Crippen molar-refractivity contribution in [3.8, 4) is 22.8 Å². The fraction of sp³-hybridized carbons (Fsp3) is 0.200. The Labute approximate surface area is 160 Å². The Morgan fingerprint density at radius 2 is 2.07 bits per heavy atom. The molecule has 5 rings (SSSR count). The lowest BCUT2D eigenvalue weighted by Crippen LogP contribution is -2.38. The first-order valence-electron chi connectivity index (χ1n) is 9.02. The average molecular weight is 375 g/mol. The van der Waals surface area contributed by atoms with Gasteiger partial charge in [-0.2, -0.15) is 10.1 Å². The van der Waals surface area contributed by atoms with Crippen LogP contribution < -0.4 is 4.90 Å². The van der Waals surface area contributed by atoms with Crippen LogP contribution in [0.4, 0.5) is 10.5 Å². The van der Waals surface area contributed by atoms with Crippen LogP contribution in [0.15, 0.2) is 47.1 Å². The molecule has 28 heavy (non-hydrogen) atoms. The molecule has 8 heteroatoms. The molecule has 8 nitrogen and oxygen atoms in total. The lowest BCUT2D eigenvalue weighted by atomic mass is 10.1. The van der Waals surface area contributed by atoms with E-state index in [4.69, 9.17) is 9.26 Å². The minimum atomic E-state index is -0.361. The molecule has 3 heterocycles. The van der Waals surface area contributed by atoms with Crippen molar-refractivity contribution >= 4 is 22.7 Å².